The van der Waals surface area contributed by atoms with E-state index in [1.165, 1.54) is 27.5 Å². The van der Waals surface area contributed by atoms with Gasteiger partial charge >= 0.3 is 0 Å². The highest BCUT2D eigenvalue weighted by atomic mass is 15.0. The van der Waals surface area contributed by atoms with Crippen LogP contribution in [-0.4, -0.2) is 12.6 Å². The average Bonchev–Trinajstić information content (AvgIpc) is 2.82. The first-order valence-electron chi connectivity index (χ1n) is 8.76. The van der Waals surface area contributed by atoms with Crippen LogP contribution in [0.3, 0.4) is 0 Å². The highest BCUT2D eigenvalue weighted by molar-refractivity contribution is 5.94. The number of rotatable bonds is 6. The van der Waals surface area contributed by atoms with Crippen LogP contribution in [0.1, 0.15) is 55.5 Å². The quantitative estimate of drug-likeness (QED) is 0.764. The van der Waals surface area contributed by atoms with E-state index in [4.69, 9.17) is 11.5 Å². The maximum absolute atomic E-state index is 6.58. The standard InChI is InChI=1S/C20H29N3/c1-12(11-21)7-9-14(3)23-20-17-10-8-13(2)15-5-4-6-16(18(15)17)19(20)22/h4-6,8,10,12,14,19-20,23H,7,9,11,21-22H2,1-3H3/t12-,14+,19?,20?/m0/s1. The van der Waals surface area contributed by atoms with Crippen molar-refractivity contribution in [1.29, 1.82) is 0 Å². The highest BCUT2D eigenvalue weighted by Crippen LogP contribution is 2.43. The first kappa shape index (κ1) is 16.4. The van der Waals surface area contributed by atoms with Crippen molar-refractivity contribution in [3.8, 4) is 0 Å². The third kappa shape index (κ3) is 3.01. The van der Waals surface area contributed by atoms with E-state index < -0.39 is 0 Å². The Morgan fingerprint density at radius 2 is 1.87 bits per heavy atom. The molecule has 2 aromatic rings. The number of aryl methyl sites for hydroxylation is 1. The van der Waals surface area contributed by atoms with E-state index in [1.54, 1.807) is 0 Å². The van der Waals surface area contributed by atoms with Gasteiger partial charge in [-0.05, 0) is 66.6 Å². The summed E-state index contributed by atoms with van der Waals surface area (Å²) in [5.41, 5.74) is 16.3. The summed E-state index contributed by atoms with van der Waals surface area (Å²) >= 11 is 0. The van der Waals surface area contributed by atoms with E-state index in [1.807, 2.05) is 0 Å². The number of hydrogen-bond acceptors (Lipinski definition) is 3. The third-order valence-electron chi connectivity index (χ3n) is 5.34. The minimum atomic E-state index is 0.0323. The highest BCUT2D eigenvalue weighted by Gasteiger charge is 2.32. The summed E-state index contributed by atoms with van der Waals surface area (Å²) in [6.45, 7) is 7.41. The average molecular weight is 311 g/mol. The Labute approximate surface area is 139 Å². The number of benzene rings is 2. The van der Waals surface area contributed by atoms with E-state index in [-0.39, 0.29) is 12.1 Å². The van der Waals surface area contributed by atoms with Gasteiger partial charge in [0.15, 0.2) is 0 Å². The van der Waals surface area contributed by atoms with E-state index in [9.17, 15) is 0 Å². The van der Waals surface area contributed by atoms with Crippen molar-refractivity contribution in [2.24, 2.45) is 17.4 Å². The van der Waals surface area contributed by atoms with Crippen LogP contribution in [0.15, 0.2) is 30.3 Å². The van der Waals surface area contributed by atoms with Gasteiger partial charge in [-0.3, -0.25) is 0 Å². The predicted molar refractivity (Wildman–Crippen MR) is 98.4 cm³/mol. The van der Waals surface area contributed by atoms with Crippen LogP contribution in [0.5, 0.6) is 0 Å². The second-order valence-corrected chi connectivity index (χ2v) is 7.23. The minimum Gasteiger partial charge on any atom is -0.330 e. The molecule has 5 N–H and O–H groups in total. The molecule has 0 saturated carbocycles. The molecule has 0 spiro atoms. The molecule has 0 bridgehead atoms. The lowest BCUT2D eigenvalue weighted by Crippen LogP contribution is -2.35. The Morgan fingerprint density at radius 3 is 2.61 bits per heavy atom. The fourth-order valence-corrected chi connectivity index (χ4v) is 3.75. The summed E-state index contributed by atoms with van der Waals surface area (Å²) in [4.78, 5) is 0. The molecular weight excluding hydrogens is 282 g/mol. The number of nitrogens with two attached hydrogens (primary N) is 2. The van der Waals surface area contributed by atoms with Crippen LogP contribution >= 0.6 is 0 Å². The molecule has 4 atom stereocenters. The summed E-state index contributed by atoms with van der Waals surface area (Å²) in [6, 6.07) is 11.7. The van der Waals surface area contributed by atoms with Crippen LogP contribution in [-0.2, 0) is 0 Å². The Kier molecular flexibility index (Phi) is 4.72. The zero-order valence-electron chi connectivity index (χ0n) is 14.5. The molecule has 3 nitrogen and oxygen atoms in total. The van der Waals surface area contributed by atoms with Gasteiger partial charge in [0.2, 0.25) is 0 Å². The van der Waals surface area contributed by atoms with Crippen molar-refractivity contribution >= 4 is 10.8 Å². The van der Waals surface area contributed by atoms with Gasteiger partial charge in [0.05, 0.1) is 6.04 Å². The molecule has 2 unspecified atom stereocenters. The molecule has 3 rings (SSSR count). The van der Waals surface area contributed by atoms with E-state index >= 15 is 0 Å². The van der Waals surface area contributed by atoms with Gasteiger partial charge in [-0.15, -0.1) is 0 Å². The summed E-state index contributed by atoms with van der Waals surface area (Å²) in [5.74, 6) is 0.583. The Bertz CT molecular complexity index is 695. The maximum Gasteiger partial charge on any atom is 0.0524 e. The van der Waals surface area contributed by atoms with E-state index in [0.717, 1.165) is 19.4 Å². The van der Waals surface area contributed by atoms with Crippen LogP contribution in [0, 0.1) is 12.8 Å². The van der Waals surface area contributed by atoms with Crippen molar-refractivity contribution in [3.05, 3.63) is 47.0 Å². The summed E-state index contributed by atoms with van der Waals surface area (Å²) in [6.07, 6.45) is 2.29. The molecule has 0 radical (unpaired) electrons. The Hall–Kier alpha value is -1.42. The van der Waals surface area contributed by atoms with Crippen LogP contribution < -0.4 is 16.8 Å². The SMILES string of the molecule is Cc1ccc2c3c(cccc13)C(N)C2N[C@H](C)CC[C@H](C)CN. The molecule has 0 aromatic heterocycles. The molecule has 0 amide bonds. The van der Waals surface area contributed by atoms with Crippen molar-refractivity contribution in [2.75, 3.05) is 6.54 Å². The lowest BCUT2D eigenvalue weighted by molar-refractivity contribution is 0.374. The third-order valence-corrected chi connectivity index (χ3v) is 5.34. The van der Waals surface area contributed by atoms with E-state index in [0.29, 0.717) is 12.0 Å². The van der Waals surface area contributed by atoms with Crippen LogP contribution in [0.4, 0.5) is 0 Å². The topological polar surface area (TPSA) is 64.1 Å². The zero-order chi connectivity index (χ0) is 16.6. The van der Waals surface area contributed by atoms with Gasteiger partial charge in [-0.2, -0.15) is 0 Å². The largest absolute Gasteiger partial charge is 0.330 e. The molecule has 0 fully saturated rings. The molecule has 3 heteroatoms. The summed E-state index contributed by atoms with van der Waals surface area (Å²) in [5, 5.41) is 6.47. The lowest BCUT2D eigenvalue weighted by Gasteiger charge is -2.25. The fraction of sp³-hybridized carbons (Fsp3) is 0.500. The Balaban J connectivity index is 1.83. The second kappa shape index (κ2) is 6.60. The van der Waals surface area contributed by atoms with Gasteiger partial charge in [-0.25, -0.2) is 0 Å². The molecule has 23 heavy (non-hydrogen) atoms. The molecule has 0 saturated heterocycles. The molecule has 2 aromatic carbocycles. The lowest BCUT2D eigenvalue weighted by atomic mass is 9.99. The molecule has 0 heterocycles. The minimum absolute atomic E-state index is 0.0323. The molecule has 124 valence electrons. The molecule has 1 aliphatic carbocycles. The maximum atomic E-state index is 6.58. The smallest absolute Gasteiger partial charge is 0.0524 e. The summed E-state index contributed by atoms with van der Waals surface area (Å²) in [7, 11) is 0. The van der Waals surface area contributed by atoms with Gasteiger partial charge in [-0.1, -0.05) is 37.3 Å². The number of nitrogens with one attached hydrogen (secondary N) is 1. The predicted octanol–water partition coefficient (Wildman–Crippen LogP) is 3.56. The Morgan fingerprint density at radius 1 is 1.09 bits per heavy atom. The van der Waals surface area contributed by atoms with Gasteiger partial charge < -0.3 is 16.8 Å². The first-order chi connectivity index (χ1) is 11.0. The van der Waals surface area contributed by atoms with Gasteiger partial charge in [0.1, 0.15) is 0 Å². The molecular formula is C20H29N3. The summed E-state index contributed by atoms with van der Waals surface area (Å²) < 4.78 is 0. The van der Waals surface area contributed by atoms with Gasteiger partial charge in [0, 0.05) is 12.1 Å². The van der Waals surface area contributed by atoms with Gasteiger partial charge in [0.25, 0.3) is 0 Å². The normalized spacial score (nSPS) is 22.5. The monoisotopic (exact) mass is 311 g/mol. The zero-order valence-corrected chi connectivity index (χ0v) is 14.5. The van der Waals surface area contributed by atoms with Crippen LogP contribution in [0.2, 0.25) is 0 Å². The second-order valence-electron chi connectivity index (χ2n) is 7.23. The van der Waals surface area contributed by atoms with E-state index in [2.05, 4.69) is 56.4 Å². The van der Waals surface area contributed by atoms with Crippen molar-refractivity contribution < 1.29 is 0 Å². The van der Waals surface area contributed by atoms with Crippen molar-refractivity contribution in [2.45, 2.75) is 51.7 Å². The fourth-order valence-electron chi connectivity index (χ4n) is 3.75. The van der Waals surface area contributed by atoms with Crippen LogP contribution in [0.25, 0.3) is 10.8 Å². The van der Waals surface area contributed by atoms with Crippen molar-refractivity contribution in [3.63, 3.8) is 0 Å². The molecule has 0 aliphatic heterocycles. The van der Waals surface area contributed by atoms with Crippen molar-refractivity contribution in [1.82, 2.24) is 5.32 Å². The molecule has 1 aliphatic rings. The first-order valence-corrected chi connectivity index (χ1v) is 8.76. The number of hydrogen-bond donors (Lipinski definition) is 3.